The minimum absolute atomic E-state index is 0.0432. The van der Waals surface area contributed by atoms with Gasteiger partial charge in [0, 0.05) is 60.4 Å². The third kappa shape index (κ3) is 15.6. The number of nitrogens with one attached hydrogen (secondary N) is 2. The maximum absolute atomic E-state index is 10.6. The summed E-state index contributed by atoms with van der Waals surface area (Å²) in [6.45, 7) is 14.0. The molecule has 4 aliphatic heterocycles. The zero-order valence-corrected chi connectivity index (χ0v) is 40.3. The summed E-state index contributed by atoms with van der Waals surface area (Å²) in [7, 11) is -0.0432. The number of rotatable bonds is 11. The van der Waals surface area contributed by atoms with Crippen molar-refractivity contribution in [2.45, 2.75) is 114 Å². The lowest BCUT2D eigenvalue weighted by Crippen LogP contribution is -2.61. The van der Waals surface area contributed by atoms with E-state index in [1.54, 1.807) is 18.0 Å². The Hall–Kier alpha value is -2.53. The Bertz CT molecular complexity index is 1860. The molecule has 62 heavy (non-hydrogen) atoms. The highest BCUT2D eigenvalue weighted by atomic mass is 35.5. The quantitative estimate of drug-likeness (QED) is 0.146. The average molecular weight is 936 g/mol. The molecule has 4 fully saturated rings. The van der Waals surface area contributed by atoms with Crippen molar-refractivity contribution >= 4 is 57.6 Å². The number of halogens is 2. The van der Waals surface area contributed by atoms with E-state index in [-0.39, 0.29) is 28.9 Å². The Labute approximate surface area is 385 Å². The Balaban J connectivity index is 0.000000203. The molecule has 4 aliphatic rings. The molecule has 1 unspecified atom stereocenters. The molecular formula is C44H68Cl2N10O4S2. The van der Waals surface area contributed by atoms with E-state index < -0.39 is 11.2 Å². The fourth-order valence-corrected chi connectivity index (χ4v) is 10.5. The first-order chi connectivity index (χ1) is 29.5. The number of aromatic amines is 1. The van der Waals surface area contributed by atoms with Crippen molar-refractivity contribution in [3.05, 3.63) is 69.7 Å². The number of H-pyrrole nitrogens is 1. The molecule has 14 nitrogen and oxygen atoms in total. The molecule has 4 saturated heterocycles. The molecule has 1 aromatic heterocycles. The molecule has 18 heteroatoms. The van der Waals surface area contributed by atoms with E-state index in [1.165, 1.54) is 11.1 Å². The van der Waals surface area contributed by atoms with Crippen molar-refractivity contribution in [2.75, 3.05) is 80.7 Å². The molecule has 7 rings (SSSR count). The first-order valence-electron chi connectivity index (χ1n) is 21.6. The molecule has 5 atom stereocenters. The molecule has 0 radical (unpaired) electrons. The van der Waals surface area contributed by atoms with E-state index in [2.05, 4.69) is 63.8 Å². The number of piperidine rings is 2. The van der Waals surface area contributed by atoms with Crippen LogP contribution in [0.3, 0.4) is 0 Å². The van der Waals surface area contributed by atoms with Crippen LogP contribution in [-0.4, -0.2) is 153 Å². The lowest BCUT2D eigenvalue weighted by atomic mass is 9.92. The molecule has 5 heterocycles. The van der Waals surface area contributed by atoms with E-state index in [4.69, 9.17) is 43.7 Å². The molecule has 6 N–H and O–H groups in total. The number of nitrogens with zero attached hydrogens (tertiary/aromatic N) is 7. The van der Waals surface area contributed by atoms with Gasteiger partial charge in [0.1, 0.15) is 0 Å². The van der Waals surface area contributed by atoms with Gasteiger partial charge in [0.25, 0.3) is 0 Å². The lowest BCUT2D eigenvalue weighted by molar-refractivity contribution is -0.154. The highest BCUT2D eigenvalue weighted by molar-refractivity contribution is 8.10. The smallest absolute Gasteiger partial charge is 0.246 e. The van der Waals surface area contributed by atoms with E-state index in [9.17, 15) is 10.2 Å². The number of nitrogens with two attached hydrogens (primary N) is 1. The first kappa shape index (κ1) is 50.5. The second-order valence-corrected chi connectivity index (χ2v) is 21.5. The Morgan fingerprint density at radius 2 is 1.32 bits per heavy atom. The van der Waals surface area contributed by atoms with Crippen molar-refractivity contribution < 1.29 is 19.7 Å². The summed E-state index contributed by atoms with van der Waals surface area (Å²) >= 11 is 13.8. The fourth-order valence-electron chi connectivity index (χ4n) is 8.53. The van der Waals surface area contributed by atoms with E-state index >= 15 is 0 Å². The predicted octanol–water partition coefficient (Wildman–Crippen LogP) is 5.79. The third-order valence-electron chi connectivity index (χ3n) is 12.0. The van der Waals surface area contributed by atoms with Crippen LogP contribution >= 0.6 is 35.0 Å². The second kappa shape index (κ2) is 24.1. The summed E-state index contributed by atoms with van der Waals surface area (Å²) in [5, 5.41) is 41.8. The van der Waals surface area contributed by atoms with Crippen molar-refractivity contribution in [1.29, 1.82) is 5.26 Å². The number of hydrogen-bond donors (Lipinski definition) is 5. The largest absolute Gasteiger partial charge is 0.388 e. The molecule has 2 aromatic carbocycles. The van der Waals surface area contributed by atoms with Crippen LogP contribution in [0.5, 0.6) is 0 Å². The van der Waals surface area contributed by atoms with Crippen LogP contribution < -0.4 is 16.0 Å². The van der Waals surface area contributed by atoms with Gasteiger partial charge in [-0.25, -0.2) is 5.10 Å². The minimum atomic E-state index is -0.874. The summed E-state index contributed by atoms with van der Waals surface area (Å²) in [6.07, 6.45) is 11.6. The number of anilines is 2. The number of nitriles is 1. The molecule has 0 aliphatic carbocycles. The Morgan fingerprint density at radius 1 is 0.855 bits per heavy atom. The van der Waals surface area contributed by atoms with Gasteiger partial charge in [-0.15, -0.1) is 5.10 Å². The highest BCUT2D eigenvalue weighted by Gasteiger charge is 2.41. The molecule has 3 aromatic rings. The van der Waals surface area contributed by atoms with Crippen molar-refractivity contribution in [1.82, 2.24) is 30.3 Å². The Morgan fingerprint density at radius 3 is 1.73 bits per heavy atom. The number of nitrogen functional groups attached to an aromatic ring is 1. The van der Waals surface area contributed by atoms with Gasteiger partial charge in [-0.05, 0) is 127 Å². The summed E-state index contributed by atoms with van der Waals surface area (Å²) < 4.78 is 15.8. The summed E-state index contributed by atoms with van der Waals surface area (Å²) in [5.74, 6) is 1.01. The number of aliphatic hydroxyl groups is 2. The topological polar surface area (TPSA) is 184 Å². The van der Waals surface area contributed by atoms with Crippen molar-refractivity contribution in [2.24, 2.45) is 4.36 Å². The maximum atomic E-state index is 10.6. The molecule has 344 valence electrons. The zero-order valence-electron chi connectivity index (χ0n) is 37.2. The van der Waals surface area contributed by atoms with Gasteiger partial charge in [0.15, 0.2) is 0 Å². The van der Waals surface area contributed by atoms with Crippen LogP contribution in [0.25, 0.3) is 0 Å². The summed E-state index contributed by atoms with van der Waals surface area (Å²) in [4.78, 5) is 11.6. The van der Waals surface area contributed by atoms with Crippen LogP contribution in [0.4, 0.5) is 11.9 Å². The summed E-state index contributed by atoms with van der Waals surface area (Å²) in [6, 6.07) is 17.8. The number of aromatic nitrogens is 3. The van der Waals surface area contributed by atoms with E-state index in [0.29, 0.717) is 43.2 Å². The number of morpholine rings is 2. The molecule has 0 spiro atoms. The SMILES string of the molecule is CC(C)(O)[C@H]1CN(C2CCN(c3n[nH]c(N)n3)CC2)[C@@H](Cc2ccc(Cl)cc2)CO1.CC(C)(O)[C@H]1CN(C2CCNCC2)[C@@H](Cc2ccc(Cl)cc2)CO1.CSCS(C)=NC#N. The van der Waals surface area contributed by atoms with Gasteiger partial charge in [-0.1, -0.05) is 58.2 Å². The number of ether oxygens (including phenoxy) is 2. The van der Waals surface area contributed by atoms with E-state index in [1.807, 2.05) is 64.5 Å². The third-order valence-corrected chi connectivity index (χ3v) is 15.2. The fraction of sp³-hybridized carbons (Fsp3) is 0.659. The molecule has 0 amide bonds. The van der Waals surface area contributed by atoms with Gasteiger partial charge in [-0.3, -0.25) is 9.80 Å². The minimum Gasteiger partial charge on any atom is -0.388 e. The van der Waals surface area contributed by atoms with E-state index in [0.717, 1.165) is 92.9 Å². The lowest BCUT2D eigenvalue weighted by Gasteiger charge is -2.48. The number of benzene rings is 2. The zero-order chi connectivity index (χ0) is 44.9. The molecule has 0 saturated carbocycles. The maximum Gasteiger partial charge on any atom is 0.246 e. The first-order valence-corrected chi connectivity index (χ1v) is 25.5. The number of hydrogen-bond acceptors (Lipinski definition) is 14. The normalized spacial score (nSPS) is 24.0. The van der Waals surface area contributed by atoms with Crippen molar-refractivity contribution in [3.8, 4) is 6.19 Å². The van der Waals surface area contributed by atoms with Crippen molar-refractivity contribution in [3.63, 3.8) is 0 Å². The van der Waals surface area contributed by atoms with Crippen LogP contribution in [0, 0.1) is 11.5 Å². The van der Waals surface area contributed by atoms with Gasteiger partial charge in [0.2, 0.25) is 18.1 Å². The van der Waals surface area contributed by atoms with Gasteiger partial charge in [0.05, 0.1) is 41.7 Å². The predicted molar refractivity (Wildman–Crippen MR) is 255 cm³/mol. The molecule has 0 bridgehead atoms. The second-order valence-electron chi connectivity index (χ2n) is 17.7. The average Bonchev–Trinajstić information content (AvgIpc) is 3.69. The standard InChI is InChI=1S/C21H31ClN6O2.C19H29ClN2O2.C4H8N2S2/c1-21(2,29)18-12-28(17(13-30-18)11-14-3-5-15(22)6-4-14)16-7-9-27(10-8-16)20-24-19(23)25-26-20;1-19(2,23)18-12-22(16-7-9-21-10-8-16)17(13-24-18)11-14-3-5-15(20)6-4-14;1-7-4-8(2)6-3-5/h3-6,16-18,29H,7-13H2,1-2H3,(H3,23,24,25,26);3-6,16-18,21,23H,7-13H2,1-2H3;4H2,1-2H3/t2*17-,18+;/m00./s1. The monoisotopic (exact) mass is 934 g/mol. The summed E-state index contributed by atoms with van der Waals surface area (Å²) in [5.41, 5.74) is 6.52. The van der Waals surface area contributed by atoms with Crippen LogP contribution in [0.2, 0.25) is 10.0 Å². The van der Waals surface area contributed by atoms with Gasteiger partial charge in [-0.2, -0.15) is 26.4 Å². The Kier molecular flexibility index (Phi) is 19.6. The highest BCUT2D eigenvalue weighted by Crippen LogP contribution is 2.30. The van der Waals surface area contributed by atoms with Crippen LogP contribution in [0.15, 0.2) is 52.9 Å². The van der Waals surface area contributed by atoms with Crippen LogP contribution in [-0.2, 0) is 33.0 Å². The number of thioether (sulfide) groups is 1. The van der Waals surface area contributed by atoms with Gasteiger partial charge < -0.3 is 35.6 Å². The molecular weight excluding hydrogens is 868 g/mol. The van der Waals surface area contributed by atoms with Gasteiger partial charge >= 0.3 is 0 Å². The van der Waals surface area contributed by atoms with Crippen LogP contribution in [0.1, 0.15) is 64.5 Å².